The number of para-hydroxylation sites is 1. The molecule has 132 valence electrons. The van der Waals surface area contributed by atoms with Gasteiger partial charge in [-0.05, 0) is 31.4 Å². The second kappa shape index (κ2) is 8.63. The predicted octanol–water partition coefficient (Wildman–Crippen LogP) is 4.90. The highest BCUT2D eigenvalue weighted by molar-refractivity contribution is 7.98. The summed E-state index contributed by atoms with van der Waals surface area (Å²) in [5.74, 6) is 0.747. The molecule has 1 aromatic carbocycles. The third-order valence-corrected chi connectivity index (χ3v) is 5.94. The number of nitrogens with zero attached hydrogens (tertiary/aromatic N) is 3. The van der Waals surface area contributed by atoms with E-state index in [1.54, 1.807) is 23.1 Å². The van der Waals surface area contributed by atoms with Gasteiger partial charge < -0.3 is 0 Å². The van der Waals surface area contributed by atoms with Gasteiger partial charge in [-0.25, -0.2) is 9.97 Å². The summed E-state index contributed by atoms with van der Waals surface area (Å²) in [4.78, 5) is 22.3. The summed E-state index contributed by atoms with van der Waals surface area (Å²) in [6.07, 6.45) is 4.17. The smallest absolute Gasteiger partial charge is 0.262 e. The topological polar surface area (TPSA) is 47.8 Å². The highest BCUT2D eigenvalue weighted by Crippen LogP contribution is 2.24. The number of thioether (sulfide) groups is 1. The maximum Gasteiger partial charge on any atom is 0.262 e. The Hall–Kier alpha value is -1.66. The minimum absolute atomic E-state index is 0.0616. The SMILES string of the molecule is CCCCn1c(SCc2csc(CCC)n2)nc2ccccc2c1=O. The molecule has 0 saturated carbocycles. The first-order chi connectivity index (χ1) is 12.2. The minimum atomic E-state index is 0.0616. The Labute approximate surface area is 156 Å². The second-order valence-electron chi connectivity index (χ2n) is 5.99. The number of aryl methyl sites for hydroxylation is 1. The normalized spacial score (nSPS) is 11.3. The molecule has 2 heterocycles. The van der Waals surface area contributed by atoms with Gasteiger partial charge in [0.25, 0.3) is 5.56 Å². The molecule has 3 rings (SSSR count). The van der Waals surface area contributed by atoms with E-state index in [9.17, 15) is 4.79 Å². The summed E-state index contributed by atoms with van der Waals surface area (Å²) < 4.78 is 1.83. The summed E-state index contributed by atoms with van der Waals surface area (Å²) in [5.41, 5.74) is 1.90. The van der Waals surface area contributed by atoms with E-state index in [1.807, 2.05) is 28.8 Å². The number of fused-ring (bicyclic) bond motifs is 1. The zero-order valence-corrected chi connectivity index (χ0v) is 16.3. The number of rotatable bonds is 8. The molecule has 6 heteroatoms. The molecule has 0 spiro atoms. The summed E-state index contributed by atoms with van der Waals surface area (Å²) in [6, 6.07) is 7.59. The molecule has 2 aromatic heterocycles. The van der Waals surface area contributed by atoms with Crippen LogP contribution in [-0.2, 0) is 18.7 Å². The van der Waals surface area contributed by atoms with Crippen LogP contribution < -0.4 is 5.56 Å². The zero-order chi connectivity index (χ0) is 17.6. The van der Waals surface area contributed by atoms with Gasteiger partial charge >= 0.3 is 0 Å². The molecular formula is C19H23N3OS2. The van der Waals surface area contributed by atoms with Crippen LogP contribution in [0, 0.1) is 0 Å². The number of hydrogen-bond acceptors (Lipinski definition) is 5. The van der Waals surface area contributed by atoms with Crippen molar-refractivity contribution in [3.63, 3.8) is 0 Å². The highest BCUT2D eigenvalue weighted by atomic mass is 32.2. The molecule has 0 amide bonds. The largest absolute Gasteiger partial charge is 0.287 e. The van der Waals surface area contributed by atoms with Crippen molar-refractivity contribution in [3.05, 3.63) is 50.7 Å². The monoisotopic (exact) mass is 373 g/mol. The summed E-state index contributed by atoms with van der Waals surface area (Å²) in [6.45, 7) is 5.02. The lowest BCUT2D eigenvalue weighted by Gasteiger charge is -2.12. The Morgan fingerprint density at radius 2 is 2.00 bits per heavy atom. The Morgan fingerprint density at radius 3 is 2.80 bits per heavy atom. The van der Waals surface area contributed by atoms with Gasteiger partial charge in [-0.15, -0.1) is 11.3 Å². The van der Waals surface area contributed by atoms with Gasteiger partial charge in [0, 0.05) is 17.7 Å². The van der Waals surface area contributed by atoms with Crippen LogP contribution in [0.1, 0.15) is 43.8 Å². The molecule has 0 aliphatic carbocycles. The number of thiazole rings is 1. The molecule has 0 aliphatic rings. The van der Waals surface area contributed by atoms with E-state index in [4.69, 9.17) is 4.98 Å². The van der Waals surface area contributed by atoms with Crippen molar-refractivity contribution in [3.8, 4) is 0 Å². The fraction of sp³-hybridized carbons (Fsp3) is 0.421. The molecule has 0 fully saturated rings. The van der Waals surface area contributed by atoms with E-state index in [0.717, 1.165) is 47.8 Å². The average Bonchev–Trinajstić information content (AvgIpc) is 3.07. The fourth-order valence-corrected chi connectivity index (χ4v) is 4.58. The van der Waals surface area contributed by atoms with Gasteiger partial charge in [0.2, 0.25) is 0 Å². The first-order valence-electron chi connectivity index (χ1n) is 8.78. The van der Waals surface area contributed by atoms with Crippen LogP contribution in [0.25, 0.3) is 10.9 Å². The van der Waals surface area contributed by atoms with Crippen molar-refractivity contribution in [2.24, 2.45) is 0 Å². The van der Waals surface area contributed by atoms with Gasteiger partial charge in [-0.1, -0.05) is 44.2 Å². The number of benzene rings is 1. The van der Waals surface area contributed by atoms with E-state index in [0.29, 0.717) is 11.9 Å². The summed E-state index contributed by atoms with van der Waals surface area (Å²) in [5, 5.41) is 4.80. The standard InChI is InChI=1S/C19H23N3OS2/c1-3-5-11-22-18(23)15-9-6-7-10-16(15)21-19(22)25-13-14-12-24-17(20-14)8-4-2/h6-7,9-10,12H,3-5,8,11,13H2,1-2H3. The first-order valence-corrected chi connectivity index (χ1v) is 10.6. The molecule has 25 heavy (non-hydrogen) atoms. The maximum atomic E-state index is 12.9. The molecule has 0 N–H and O–H groups in total. The van der Waals surface area contributed by atoms with Crippen molar-refractivity contribution in [2.75, 3.05) is 0 Å². The molecule has 4 nitrogen and oxygen atoms in total. The lowest BCUT2D eigenvalue weighted by Crippen LogP contribution is -2.23. The van der Waals surface area contributed by atoms with Crippen LogP contribution in [0.5, 0.6) is 0 Å². The maximum absolute atomic E-state index is 12.9. The quantitative estimate of drug-likeness (QED) is 0.416. The van der Waals surface area contributed by atoms with Crippen molar-refractivity contribution in [2.45, 2.75) is 57.0 Å². The average molecular weight is 374 g/mol. The number of unbranched alkanes of at least 4 members (excludes halogenated alkanes) is 1. The van der Waals surface area contributed by atoms with Gasteiger partial charge in [-0.3, -0.25) is 9.36 Å². The van der Waals surface area contributed by atoms with Crippen LogP contribution in [0.15, 0.2) is 39.6 Å². The minimum Gasteiger partial charge on any atom is -0.287 e. The van der Waals surface area contributed by atoms with Crippen molar-refractivity contribution >= 4 is 34.0 Å². The Bertz CT molecular complexity index is 901. The summed E-state index contributed by atoms with van der Waals surface area (Å²) in [7, 11) is 0. The van der Waals surface area contributed by atoms with E-state index >= 15 is 0 Å². The van der Waals surface area contributed by atoms with Gasteiger partial charge in [0.1, 0.15) is 0 Å². The summed E-state index contributed by atoms with van der Waals surface area (Å²) >= 11 is 3.33. The Kier molecular flexibility index (Phi) is 6.26. The van der Waals surface area contributed by atoms with E-state index in [1.165, 1.54) is 5.01 Å². The lowest BCUT2D eigenvalue weighted by atomic mass is 10.2. The van der Waals surface area contributed by atoms with Gasteiger partial charge in [0.15, 0.2) is 5.16 Å². The molecule has 0 saturated heterocycles. The predicted molar refractivity (Wildman–Crippen MR) is 107 cm³/mol. The van der Waals surface area contributed by atoms with Crippen molar-refractivity contribution in [1.29, 1.82) is 0 Å². The van der Waals surface area contributed by atoms with Crippen LogP contribution in [0.4, 0.5) is 0 Å². The van der Waals surface area contributed by atoms with Gasteiger partial charge in [0.05, 0.1) is 21.6 Å². The molecule has 0 bridgehead atoms. The highest BCUT2D eigenvalue weighted by Gasteiger charge is 2.12. The zero-order valence-electron chi connectivity index (χ0n) is 14.7. The fourth-order valence-electron chi connectivity index (χ4n) is 2.65. The molecule has 0 aliphatic heterocycles. The molecule has 0 unspecified atom stereocenters. The van der Waals surface area contributed by atoms with Gasteiger partial charge in [-0.2, -0.15) is 0 Å². The van der Waals surface area contributed by atoms with Crippen LogP contribution in [-0.4, -0.2) is 14.5 Å². The third kappa shape index (κ3) is 4.30. The Balaban J connectivity index is 1.88. The molecular weight excluding hydrogens is 350 g/mol. The van der Waals surface area contributed by atoms with Crippen molar-refractivity contribution in [1.82, 2.24) is 14.5 Å². The third-order valence-electron chi connectivity index (χ3n) is 3.97. The lowest BCUT2D eigenvalue weighted by molar-refractivity contribution is 0.557. The van der Waals surface area contributed by atoms with Crippen molar-refractivity contribution < 1.29 is 0 Å². The van der Waals surface area contributed by atoms with Crippen LogP contribution in [0.3, 0.4) is 0 Å². The van der Waals surface area contributed by atoms with E-state index in [-0.39, 0.29) is 5.56 Å². The van der Waals surface area contributed by atoms with Crippen LogP contribution in [0.2, 0.25) is 0 Å². The first kappa shape index (κ1) is 18.1. The number of hydrogen-bond donors (Lipinski definition) is 0. The second-order valence-corrected chi connectivity index (χ2v) is 7.88. The molecule has 0 radical (unpaired) electrons. The van der Waals surface area contributed by atoms with E-state index in [2.05, 4.69) is 24.2 Å². The molecule has 0 atom stereocenters. The van der Waals surface area contributed by atoms with E-state index < -0.39 is 0 Å². The number of aromatic nitrogens is 3. The molecule has 3 aromatic rings. The van der Waals surface area contributed by atoms with Crippen LogP contribution >= 0.6 is 23.1 Å². The Morgan fingerprint density at radius 1 is 1.16 bits per heavy atom.